The number of imide groups is 1. The van der Waals surface area contributed by atoms with Gasteiger partial charge >= 0.3 is 5.97 Å². The van der Waals surface area contributed by atoms with Gasteiger partial charge in [-0.25, -0.2) is 4.79 Å². The third-order valence-corrected chi connectivity index (χ3v) is 4.36. The van der Waals surface area contributed by atoms with Crippen LogP contribution in [0.4, 0.5) is 5.82 Å². The van der Waals surface area contributed by atoms with Crippen molar-refractivity contribution < 1.29 is 28.6 Å². The molecule has 4 rings (SSSR count). The van der Waals surface area contributed by atoms with Gasteiger partial charge in [0.1, 0.15) is 24.6 Å². The van der Waals surface area contributed by atoms with Gasteiger partial charge < -0.3 is 19.9 Å². The number of anilines is 1. The number of pyridine rings is 1. The third kappa shape index (κ3) is 2.49. The monoisotopic (exact) mass is 385 g/mol. The maximum Gasteiger partial charge on any atom is 0.342 e. The normalized spacial score (nSPS) is 14.5. The molecule has 0 atom stereocenters. The largest absolute Gasteiger partial charge is 0.485 e. The molecule has 1 aromatic carbocycles. The molecule has 2 aliphatic rings. The number of nitrogens with zero attached hydrogens (tertiary/aromatic N) is 1. The second kappa shape index (κ2) is 6.41. The SMILES string of the molecule is CCOC(=O)c1ccc(-n2c(N)c3c(cc2=O)C(=O)NC3=O)c2c1OCCO2. The van der Waals surface area contributed by atoms with Gasteiger partial charge in [-0.3, -0.25) is 24.3 Å². The highest BCUT2D eigenvalue weighted by atomic mass is 16.6. The van der Waals surface area contributed by atoms with Gasteiger partial charge in [0.2, 0.25) is 0 Å². The van der Waals surface area contributed by atoms with Crippen molar-refractivity contribution in [1.29, 1.82) is 0 Å². The molecule has 0 radical (unpaired) electrons. The Labute approximate surface area is 157 Å². The van der Waals surface area contributed by atoms with Gasteiger partial charge in [-0.15, -0.1) is 0 Å². The van der Waals surface area contributed by atoms with Crippen LogP contribution in [0.25, 0.3) is 5.69 Å². The fourth-order valence-electron chi connectivity index (χ4n) is 3.20. The zero-order valence-corrected chi connectivity index (χ0v) is 14.7. The predicted octanol–water partition coefficient (Wildman–Crippen LogP) is 0.251. The zero-order chi connectivity index (χ0) is 20.0. The predicted molar refractivity (Wildman–Crippen MR) is 95.2 cm³/mol. The summed E-state index contributed by atoms with van der Waals surface area (Å²) < 4.78 is 17.3. The molecule has 28 heavy (non-hydrogen) atoms. The summed E-state index contributed by atoms with van der Waals surface area (Å²) in [5.41, 5.74) is 5.57. The highest BCUT2D eigenvalue weighted by molar-refractivity contribution is 6.23. The van der Waals surface area contributed by atoms with Crippen molar-refractivity contribution >= 4 is 23.6 Å². The summed E-state index contributed by atoms with van der Waals surface area (Å²) >= 11 is 0. The van der Waals surface area contributed by atoms with Crippen LogP contribution in [0.15, 0.2) is 23.0 Å². The number of nitrogens with one attached hydrogen (secondary N) is 1. The summed E-state index contributed by atoms with van der Waals surface area (Å²) in [7, 11) is 0. The smallest absolute Gasteiger partial charge is 0.342 e. The first kappa shape index (κ1) is 17.6. The van der Waals surface area contributed by atoms with E-state index in [0.29, 0.717) is 0 Å². The number of esters is 1. The number of benzene rings is 1. The third-order valence-electron chi connectivity index (χ3n) is 4.36. The topological polar surface area (TPSA) is 139 Å². The van der Waals surface area contributed by atoms with Gasteiger partial charge in [-0.1, -0.05) is 0 Å². The Morgan fingerprint density at radius 1 is 1.18 bits per heavy atom. The summed E-state index contributed by atoms with van der Waals surface area (Å²) in [6.07, 6.45) is 0. The molecular formula is C18H15N3O7. The lowest BCUT2D eigenvalue weighted by Crippen LogP contribution is -2.26. The first-order valence-electron chi connectivity index (χ1n) is 8.45. The van der Waals surface area contributed by atoms with Gasteiger partial charge in [0.05, 0.1) is 23.4 Å². The van der Waals surface area contributed by atoms with E-state index in [9.17, 15) is 19.2 Å². The minimum Gasteiger partial charge on any atom is -0.485 e. The lowest BCUT2D eigenvalue weighted by molar-refractivity contribution is 0.0516. The van der Waals surface area contributed by atoms with Crippen molar-refractivity contribution in [3.05, 3.63) is 45.2 Å². The lowest BCUT2D eigenvalue weighted by atomic mass is 10.1. The molecule has 0 saturated heterocycles. The number of nitrogens with two attached hydrogens (primary N) is 1. The molecule has 2 aliphatic heterocycles. The second-order valence-electron chi connectivity index (χ2n) is 5.98. The Hall–Kier alpha value is -3.82. The van der Waals surface area contributed by atoms with E-state index < -0.39 is 23.3 Å². The first-order chi connectivity index (χ1) is 13.4. The Morgan fingerprint density at radius 2 is 1.89 bits per heavy atom. The van der Waals surface area contributed by atoms with E-state index in [1.807, 2.05) is 0 Å². The van der Waals surface area contributed by atoms with Gasteiger partial charge in [0, 0.05) is 6.07 Å². The van der Waals surface area contributed by atoms with Crippen LogP contribution in [-0.2, 0) is 4.74 Å². The van der Waals surface area contributed by atoms with E-state index in [1.165, 1.54) is 12.1 Å². The fourth-order valence-corrected chi connectivity index (χ4v) is 3.20. The summed E-state index contributed by atoms with van der Waals surface area (Å²) in [4.78, 5) is 48.7. The number of nitrogen functional groups attached to an aromatic ring is 1. The van der Waals surface area contributed by atoms with Crippen molar-refractivity contribution in [3.63, 3.8) is 0 Å². The van der Waals surface area contributed by atoms with Crippen LogP contribution in [0.2, 0.25) is 0 Å². The summed E-state index contributed by atoms with van der Waals surface area (Å²) in [5, 5.41) is 2.10. The number of hydrogen-bond acceptors (Lipinski definition) is 8. The molecule has 0 bridgehead atoms. The number of hydrogen-bond donors (Lipinski definition) is 2. The summed E-state index contributed by atoms with van der Waals surface area (Å²) in [6, 6.07) is 3.89. The summed E-state index contributed by atoms with van der Waals surface area (Å²) in [6.45, 7) is 2.24. The minimum atomic E-state index is -0.694. The number of ether oxygens (including phenoxy) is 3. The van der Waals surface area contributed by atoms with Crippen molar-refractivity contribution in [2.75, 3.05) is 25.6 Å². The van der Waals surface area contributed by atoms with Crippen LogP contribution >= 0.6 is 0 Å². The maximum atomic E-state index is 12.7. The van der Waals surface area contributed by atoms with E-state index in [4.69, 9.17) is 19.9 Å². The Morgan fingerprint density at radius 3 is 2.61 bits per heavy atom. The Bertz CT molecular complexity index is 1100. The number of rotatable bonds is 3. The molecule has 10 heteroatoms. The second-order valence-corrected chi connectivity index (χ2v) is 5.98. The zero-order valence-electron chi connectivity index (χ0n) is 14.7. The molecule has 3 heterocycles. The number of carbonyl (C=O) groups excluding carboxylic acids is 3. The average molecular weight is 385 g/mol. The summed E-state index contributed by atoms with van der Waals surface area (Å²) in [5.74, 6) is -1.96. The van der Waals surface area contributed by atoms with E-state index in [1.54, 1.807) is 6.92 Å². The average Bonchev–Trinajstić information content (AvgIpc) is 2.95. The molecule has 0 aliphatic carbocycles. The van der Waals surface area contributed by atoms with E-state index in [-0.39, 0.29) is 59.5 Å². The van der Waals surface area contributed by atoms with E-state index in [0.717, 1.165) is 10.6 Å². The van der Waals surface area contributed by atoms with Gasteiger partial charge in [-0.05, 0) is 19.1 Å². The van der Waals surface area contributed by atoms with Crippen LogP contribution in [-0.4, -0.2) is 42.2 Å². The molecule has 2 amide bonds. The maximum absolute atomic E-state index is 12.7. The number of aromatic nitrogens is 1. The molecule has 3 N–H and O–H groups in total. The van der Waals surface area contributed by atoms with E-state index >= 15 is 0 Å². The van der Waals surface area contributed by atoms with Crippen molar-refractivity contribution in [1.82, 2.24) is 9.88 Å². The molecule has 1 aromatic heterocycles. The standard InChI is InChI=1S/C18H15N3O7/c1-2-26-18(25)8-3-4-10(14-13(8)27-5-6-28-14)21-11(22)7-9-12(15(21)19)17(24)20-16(9)23/h3-4,7H,2,5-6,19H2,1H3,(H,20,23,24). The van der Waals surface area contributed by atoms with Crippen molar-refractivity contribution in [3.8, 4) is 17.2 Å². The molecule has 0 unspecified atom stereocenters. The lowest BCUT2D eigenvalue weighted by Gasteiger charge is -2.24. The van der Waals surface area contributed by atoms with Gasteiger partial charge in [0.25, 0.3) is 17.4 Å². The van der Waals surface area contributed by atoms with Crippen LogP contribution < -0.4 is 26.1 Å². The highest BCUT2D eigenvalue weighted by Crippen LogP contribution is 2.40. The van der Waals surface area contributed by atoms with Crippen LogP contribution in [0.3, 0.4) is 0 Å². The Kier molecular flexibility index (Phi) is 4.03. The van der Waals surface area contributed by atoms with Crippen LogP contribution in [0.1, 0.15) is 38.0 Å². The van der Waals surface area contributed by atoms with Crippen molar-refractivity contribution in [2.24, 2.45) is 0 Å². The molecule has 10 nitrogen and oxygen atoms in total. The van der Waals surface area contributed by atoms with Crippen LogP contribution in [0.5, 0.6) is 11.5 Å². The molecule has 0 spiro atoms. The minimum absolute atomic E-state index is 0.0853. The highest BCUT2D eigenvalue weighted by Gasteiger charge is 2.33. The van der Waals surface area contributed by atoms with E-state index in [2.05, 4.69) is 5.32 Å². The molecule has 0 saturated carbocycles. The number of carbonyl (C=O) groups is 3. The van der Waals surface area contributed by atoms with Crippen molar-refractivity contribution in [2.45, 2.75) is 6.92 Å². The first-order valence-corrected chi connectivity index (χ1v) is 8.45. The Balaban J connectivity index is 1.96. The van der Waals surface area contributed by atoms with Gasteiger partial charge in [-0.2, -0.15) is 0 Å². The fraction of sp³-hybridized carbons (Fsp3) is 0.222. The molecule has 144 valence electrons. The number of amides is 2. The quantitative estimate of drug-likeness (QED) is 0.566. The number of fused-ring (bicyclic) bond motifs is 2. The molecular weight excluding hydrogens is 370 g/mol. The molecule has 0 fully saturated rings. The van der Waals surface area contributed by atoms with Gasteiger partial charge in [0.15, 0.2) is 11.5 Å². The molecule has 2 aromatic rings. The van der Waals surface area contributed by atoms with Crippen LogP contribution in [0, 0.1) is 0 Å².